The Morgan fingerprint density at radius 2 is 2.19 bits per heavy atom. The van der Waals surface area contributed by atoms with Gasteiger partial charge in [-0.25, -0.2) is 9.97 Å². The molecule has 3 nitrogen and oxygen atoms in total. The van der Waals surface area contributed by atoms with Crippen LogP contribution in [0.1, 0.15) is 30.3 Å². The molecule has 2 aromatic rings. The van der Waals surface area contributed by atoms with Crippen LogP contribution >= 0.6 is 46.0 Å². The summed E-state index contributed by atoms with van der Waals surface area (Å²) in [6.07, 6.45) is 2.49. The van der Waals surface area contributed by atoms with Crippen molar-refractivity contribution in [2.75, 3.05) is 12.4 Å². The monoisotopic (exact) mass is 431 g/mol. The van der Waals surface area contributed by atoms with Crippen LogP contribution in [0.3, 0.4) is 0 Å². The fourth-order valence-corrected chi connectivity index (χ4v) is 4.09. The zero-order chi connectivity index (χ0) is 14.8. The molecule has 1 aliphatic rings. The first-order valence-corrected chi connectivity index (χ1v) is 9.24. The molecular formula is C15H15ClIN3S. The number of thioether (sulfide) groups is 1. The summed E-state index contributed by atoms with van der Waals surface area (Å²) >= 11 is 10.1. The first kappa shape index (κ1) is 15.4. The SMILES string of the molecule is CNc1nc(CSc2cccc(Cl)c2)nc(C2CC2)c1I. The zero-order valence-electron chi connectivity index (χ0n) is 11.6. The molecule has 3 rings (SSSR count). The highest BCUT2D eigenvalue weighted by Gasteiger charge is 2.29. The van der Waals surface area contributed by atoms with E-state index in [2.05, 4.69) is 39.0 Å². The van der Waals surface area contributed by atoms with E-state index in [1.165, 1.54) is 18.5 Å². The van der Waals surface area contributed by atoms with Crippen molar-refractivity contribution in [3.8, 4) is 0 Å². The molecular weight excluding hydrogens is 417 g/mol. The van der Waals surface area contributed by atoms with Crippen LogP contribution in [0.4, 0.5) is 5.82 Å². The predicted molar refractivity (Wildman–Crippen MR) is 97.3 cm³/mol. The van der Waals surface area contributed by atoms with Crippen molar-refractivity contribution in [3.63, 3.8) is 0 Å². The van der Waals surface area contributed by atoms with E-state index in [1.54, 1.807) is 11.8 Å². The van der Waals surface area contributed by atoms with Crippen LogP contribution in [-0.2, 0) is 5.75 Å². The third-order valence-electron chi connectivity index (χ3n) is 3.29. The normalized spacial score (nSPS) is 14.2. The molecule has 0 unspecified atom stereocenters. The smallest absolute Gasteiger partial charge is 0.143 e. The van der Waals surface area contributed by atoms with Gasteiger partial charge in [-0.3, -0.25) is 0 Å². The highest BCUT2D eigenvalue weighted by molar-refractivity contribution is 14.1. The van der Waals surface area contributed by atoms with Crippen LogP contribution in [0.2, 0.25) is 5.02 Å². The molecule has 6 heteroatoms. The largest absolute Gasteiger partial charge is 0.372 e. The second-order valence-corrected chi connectivity index (χ2v) is 7.52. The van der Waals surface area contributed by atoms with Crippen LogP contribution in [0.15, 0.2) is 29.2 Å². The highest BCUT2D eigenvalue weighted by Crippen LogP contribution is 2.42. The molecule has 110 valence electrons. The van der Waals surface area contributed by atoms with Gasteiger partial charge in [-0.2, -0.15) is 0 Å². The van der Waals surface area contributed by atoms with Crippen molar-refractivity contribution in [1.82, 2.24) is 9.97 Å². The Kier molecular flexibility index (Phi) is 4.91. The van der Waals surface area contributed by atoms with E-state index < -0.39 is 0 Å². The molecule has 1 aromatic heterocycles. The quantitative estimate of drug-likeness (QED) is 0.537. The highest BCUT2D eigenvalue weighted by atomic mass is 127. The van der Waals surface area contributed by atoms with Crippen LogP contribution in [0.5, 0.6) is 0 Å². The summed E-state index contributed by atoms with van der Waals surface area (Å²) in [4.78, 5) is 10.5. The van der Waals surface area contributed by atoms with Gasteiger partial charge in [-0.05, 0) is 53.6 Å². The fourth-order valence-electron chi connectivity index (χ4n) is 2.07. The molecule has 1 N–H and O–H groups in total. The van der Waals surface area contributed by atoms with Gasteiger partial charge in [0, 0.05) is 22.9 Å². The van der Waals surface area contributed by atoms with Crippen LogP contribution in [0.25, 0.3) is 0 Å². The molecule has 1 saturated carbocycles. The maximum atomic E-state index is 6.01. The molecule has 1 aliphatic carbocycles. The summed E-state index contributed by atoms with van der Waals surface area (Å²) in [5.41, 5.74) is 1.21. The lowest BCUT2D eigenvalue weighted by molar-refractivity contribution is 0.920. The van der Waals surface area contributed by atoms with E-state index >= 15 is 0 Å². The van der Waals surface area contributed by atoms with Crippen LogP contribution in [0, 0.1) is 3.57 Å². The molecule has 0 radical (unpaired) electrons. The topological polar surface area (TPSA) is 37.8 Å². The number of benzene rings is 1. The molecule has 21 heavy (non-hydrogen) atoms. The Balaban J connectivity index is 1.80. The van der Waals surface area contributed by atoms with Crippen molar-refractivity contribution >= 4 is 51.8 Å². The number of nitrogens with zero attached hydrogens (tertiary/aromatic N) is 2. The molecule has 1 heterocycles. The van der Waals surface area contributed by atoms with Crippen molar-refractivity contribution in [1.29, 1.82) is 0 Å². The Labute approximate surface area is 147 Å². The Bertz CT molecular complexity index is 661. The van der Waals surface area contributed by atoms with Gasteiger partial charge < -0.3 is 5.32 Å². The second kappa shape index (κ2) is 6.71. The number of aromatic nitrogens is 2. The first-order chi connectivity index (χ1) is 10.2. The van der Waals surface area contributed by atoms with E-state index in [9.17, 15) is 0 Å². The first-order valence-electron chi connectivity index (χ1n) is 6.80. The Hall–Kier alpha value is -0.530. The number of anilines is 1. The summed E-state index contributed by atoms with van der Waals surface area (Å²) in [6, 6.07) is 7.88. The number of hydrogen-bond donors (Lipinski definition) is 1. The summed E-state index contributed by atoms with van der Waals surface area (Å²) < 4.78 is 1.16. The van der Waals surface area contributed by atoms with Crippen LogP contribution < -0.4 is 5.32 Å². The molecule has 0 saturated heterocycles. The molecule has 1 fully saturated rings. The van der Waals surface area contributed by atoms with Crippen molar-refractivity contribution in [2.24, 2.45) is 0 Å². The van der Waals surface area contributed by atoms with Gasteiger partial charge in [0.2, 0.25) is 0 Å². The Morgan fingerprint density at radius 1 is 1.38 bits per heavy atom. The van der Waals surface area contributed by atoms with Gasteiger partial charge >= 0.3 is 0 Å². The van der Waals surface area contributed by atoms with E-state index in [4.69, 9.17) is 16.6 Å². The summed E-state index contributed by atoms with van der Waals surface area (Å²) in [7, 11) is 1.91. The second-order valence-electron chi connectivity index (χ2n) is 4.96. The van der Waals surface area contributed by atoms with Gasteiger partial charge in [0.05, 0.1) is 15.0 Å². The van der Waals surface area contributed by atoms with E-state index in [-0.39, 0.29) is 0 Å². The summed E-state index contributed by atoms with van der Waals surface area (Å²) in [5.74, 6) is 3.20. The fraction of sp³-hybridized carbons (Fsp3) is 0.333. The van der Waals surface area contributed by atoms with Crippen LogP contribution in [-0.4, -0.2) is 17.0 Å². The molecule has 0 spiro atoms. The molecule has 0 aliphatic heterocycles. The average Bonchev–Trinajstić information content (AvgIpc) is 3.31. The third kappa shape index (κ3) is 3.81. The lowest BCUT2D eigenvalue weighted by atomic mass is 10.2. The lowest BCUT2D eigenvalue weighted by Crippen LogP contribution is -2.06. The molecule has 0 bridgehead atoms. The van der Waals surface area contributed by atoms with Gasteiger partial charge in [0.15, 0.2) is 0 Å². The van der Waals surface area contributed by atoms with Crippen molar-refractivity contribution < 1.29 is 0 Å². The number of halogens is 2. The molecule has 1 aromatic carbocycles. The standard InChI is InChI=1S/C15H15ClIN3S/c1-18-15-13(17)14(9-5-6-9)19-12(20-15)8-21-11-4-2-3-10(16)7-11/h2-4,7,9H,5-6,8H2,1H3,(H,18,19,20). The molecule has 0 atom stereocenters. The van der Waals surface area contributed by atoms with Crippen molar-refractivity contribution in [2.45, 2.75) is 29.4 Å². The minimum Gasteiger partial charge on any atom is -0.372 e. The van der Waals surface area contributed by atoms with E-state index in [1.807, 2.05) is 25.2 Å². The number of nitrogens with one attached hydrogen (secondary N) is 1. The Morgan fingerprint density at radius 3 is 2.86 bits per heavy atom. The van der Waals surface area contributed by atoms with Gasteiger partial charge in [-0.1, -0.05) is 17.7 Å². The maximum absolute atomic E-state index is 6.01. The van der Waals surface area contributed by atoms with Gasteiger partial charge in [0.25, 0.3) is 0 Å². The predicted octanol–water partition coefficient (Wildman–Crippen LogP) is 4.95. The lowest BCUT2D eigenvalue weighted by Gasteiger charge is -2.10. The minimum absolute atomic E-state index is 0.627. The minimum atomic E-state index is 0.627. The van der Waals surface area contributed by atoms with Gasteiger partial charge in [0.1, 0.15) is 11.6 Å². The molecule has 0 amide bonds. The third-order valence-corrected chi connectivity index (χ3v) is 5.58. The van der Waals surface area contributed by atoms with Gasteiger partial charge in [-0.15, -0.1) is 11.8 Å². The van der Waals surface area contributed by atoms with Crippen molar-refractivity contribution in [3.05, 3.63) is 44.4 Å². The zero-order valence-corrected chi connectivity index (χ0v) is 15.3. The summed E-state index contributed by atoms with van der Waals surface area (Å²) in [6.45, 7) is 0. The average molecular weight is 432 g/mol. The summed E-state index contributed by atoms with van der Waals surface area (Å²) in [5, 5.41) is 3.94. The maximum Gasteiger partial charge on any atom is 0.143 e. The van der Waals surface area contributed by atoms with E-state index in [0.717, 1.165) is 30.9 Å². The number of hydrogen-bond acceptors (Lipinski definition) is 4. The van der Waals surface area contributed by atoms with E-state index in [0.29, 0.717) is 5.92 Å². The number of rotatable bonds is 5.